The highest BCUT2D eigenvalue weighted by Crippen LogP contribution is 2.32. The minimum Gasteiger partial charge on any atom is -0.368 e. The number of carbonyl (C=O) groups is 1. The van der Waals surface area contributed by atoms with Crippen molar-refractivity contribution in [2.45, 2.75) is 19.0 Å². The molecule has 7 nitrogen and oxygen atoms in total. The van der Waals surface area contributed by atoms with Gasteiger partial charge in [0.15, 0.2) is 0 Å². The van der Waals surface area contributed by atoms with E-state index >= 15 is 0 Å². The van der Waals surface area contributed by atoms with Gasteiger partial charge in [-0.25, -0.2) is 0 Å². The van der Waals surface area contributed by atoms with E-state index in [1.54, 1.807) is 4.90 Å². The quantitative estimate of drug-likeness (QED) is 0.684. The minimum absolute atomic E-state index is 0.148. The molecule has 0 saturated carbocycles. The molecule has 2 aromatic rings. The molecule has 2 N–H and O–H groups in total. The third kappa shape index (κ3) is 2.65. The van der Waals surface area contributed by atoms with Gasteiger partial charge in [-0.3, -0.25) is 14.9 Å². The largest absolute Gasteiger partial charge is 0.368 e. The fraction of sp³-hybridized carbons (Fsp3) is 0.176. The number of nitrogens with zero attached hydrogens (tertiary/aromatic N) is 3. The number of nitro benzene ring substituents is 1. The fourth-order valence-electron chi connectivity index (χ4n) is 3.01. The summed E-state index contributed by atoms with van der Waals surface area (Å²) in [5.74, 6) is -0.494. The van der Waals surface area contributed by atoms with Crippen molar-refractivity contribution >= 4 is 17.3 Å². The Kier molecular flexibility index (Phi) is 3.88. The summed E-state index contributed by atoms with van der Waals surface area (Å²) in [5.41, 5.74) is 8.09. The second-order valence-corrected chi connectivity index (χ2v) is 5.59. The van der Waals surface area contributed by atoms with Gasteiger partial charge in [-0.1, -0.05) is 24.3 Å². The summed E-state index contributed by atoms with van der Waals surface area (Å²) in [6.45, 7) is 0.413. The van der Waals surface area contributed by atoms with E-state index in [1.807, 2.05) is 30.3 Å². The number of nitro groups is 1. The van der Waals surface area contributed by atoms with Crippen molar-refractivity contribution in [2.24, 2.45) is 5.73 Å². The molecule has 0 unspecified atom stereocenters. The molecule has 1 atom stereocenters. The van der Waals surface area contributed by atoms with Crippen LogP contribution in [0.5, 0.6) is 0 Å². The van der Waals surface area contributed by atoms with Gasteiger partial charge in [0.05, 0.1) is 16.2 Å². The summed E-state index contributed by atoms with van der Waals surface area (Å²) in [5, 5.41) is 20.3. The highest BCUT2D eigenvalue weighted by atomic mass is 16.6. The maximum atomic E-state index is 11.9. The number of nitrogens with two attached hydrogens (primary N) is 1. The molecule has 0 bridgehead atoms. The average molecular weight is 322 g/mol. The lowest BCUT2D eigenvalue weighted by atomic mass is 9.92. The topological polar surface area (TPSA) is 113 Å². The summed E-state index contributed by atoms with van der Waals surface area (Å²) in [7, 11) is 0. The Balaban J connectivity index is 2.08. The minimum atomic E-state index is -0.603. The number of nitriles is 1. The van der Waals surface area contributed by atoms with Crippen LogP contribution >= 0.6 is 0 Å². The van der Waals surface area contributed by atoms with Crippen LogP contribution in [0.3, 0.4) is 0 Å². The highest BCUT2D eigenvalue weighted by Gasteiger charge is 2.31. The zero-order valence-corrected chi connectivity index (χ0v) is 12.7. The van der Waals surface area contributed by atoms with Gasteiger partial charge in [0, 0.05) is 25.1 Å². The molecule has 0 aliphatic carbocycles. The predicted molar refractivity (Wildman–Crippen MR) is 87.1 cm³/mol. The Labute approximate surface area is 138 Å². The molecule has 0 radical (unpaired) electrons. The lowest BCUT2D eigenvalue weighted by Gasteiger charge is -2.37. The zero-order chi connectivity index (χ0) is 17.3. The summed E-state index contributed by atoms with van der Waals surface area (Å²) >= 11 is 0. The first-order valence-electron chi connectivity index (χ1n) is 7.32. The van der Waals surface area contributed by atoms with Crippen molar-refractivity contribution in [2.75, 3.05) is 4.90 Å². The van der Waals surface area contributed by atoms with E-state index in [9.17, 15) is 20.2 Å². The number of carbonyl (C=O) groups excluding carboxylic acids is 1. The van der Waals surface area contributed by atoms with Crippen LogP contribution in [-0.2, 0) is 17.8 Å². The second-order valence-electron chi connectivity index (χ2n) is 5.59. The molecule has 3 rings (SSSR count). The molecule has 120 valence electrons. The Morgan fingerprint density at radius 2 is 2.00 bits per heavy atom. The van der Waals surface area contributed by atoms with Crippen LogP contribution < -0.4 is 10.6 Å². The van der Waals surface area contributed by atoms with Crippen molar-refractivity contribution in [3.05, 3.63) is 69.3 Å². The van der Waals surface area contributed by atoms with E-state index in [-0.39, 0.29) is 11.3 Å². The van der Waals surface area contributed by atoms with Crippen LogP contribution in [0.2, 0.25) is 0 Å². The Hall–Kier alpha value is -3.40. The van der Waals surface area contributed by atoms with Crippen LogP contribution in [0.25, 0.3) is 0 Å². The summed E-state index contributed by atoms with van der Waals surface area (Å²) in [6.07, 6.45) is 0.438. The van der Waals surface area contributed by atoms with Crippen molar-refractivity contribution in [3.8, 4) is 6.07 Å². The smallest absolute Gasteiger partial charge is 0.270 e. The summed E-state index contributed by atoms with van der Waals surface area (Å²) in [6, 6.07) is 13.1. The Morgan fingerprint density at radius 3 is 2.62 bits per heavy atom. The van der Waals surface area contributed by atoms with Gasteiger partial charge in [-0.05, 0) is 17.2 Å². The highest BCUT2D eigenvalue weighted by molar-refractivity contribution is 5.85. The molecule has 0 saturated heterocycles. The number of hydrogen-bond acceptors (Lipinski definition) is 5. The zero-order valence-electron chi connectivity index (χ0n) is 12.7. The number of benzene rings is 2. The lowest BCUT2D eigenvalue weighted by Crippen LogP contribution is -2.49. The summed E-state index contributed by atoms with van der Waals surface area (Å²) in [4.78, 5) is 24.0. The molecular formula is C17H14N4O3. The maximum absolute atomic E-state index is 11.9. The standard InChI is InChI=1S/C17H14N4O3/c18-9-13-7-14(21(23)24)5-6-15(13)20-10-12-4-2-1-3-11(12)8-16(20)17(19)22/h1-7,16H,8,10H2,(H2,19,22)/t16-/m0/s1. The summed E-state index contributed by atoms with van der Waals surface area (Å²) < 4.78 is 0. The number of primary amides is 1. The van der Waals surface area contributed by atoms with E-state index in [1.165, 1.54) is 18.2 Å². The molecule has 0 aromatic heterocycles. The van der Waals surface area contributed by atoms with Crippen LogP contribution in [0.4, 0.5) is 11.4 Å². The van der Waals surface area contributed by atoms with Crippen LogP contribution in [0, 0.1) is 21.4 Å². The van der Waals surface area contributed by atoms with E-state index in [4.69, 9.17) is 5.73 Å². The van der Waals surface area contributed by atoms with Crippen molar-refractivity contribution < 1.29 is 9.72 Å². The fourth-order valence-corrected chi connectivity index (χ4v) is 3.01. The molecule has 1 heterocycles. The monoisotopic (exact) mass is 322 g/mol. The van der Waals surface area contributed by atoms with Gasteiger partial charge >= 0.3 is 0 Å². The van der Waals surface area contributed by atoms with Gasteiger partial charge < -0.3 is 10.6 Å². The van der Waals surface area contributed by atoms with Gasteiger partial charge in [0.25, 0.3) is 5.69 Å². The van der Waals surface area contributed by atoms with Crippen LogP contribution in [0.1, 0.15) is 16.7 Å². The van der Waals surface area contributed by atoms with E-state index in [2.05, 4.69) is 0 Å². The van der Waals surface area contributed by atoms with E-state index in [0.29, 0.717) is 18.7 Å². The normalized spacial score (nSPS) is 16.1. The van der Waals surface area contributed by atoms with Crippen LogP contribution in [0.15, 0.2) is 42.5 Å². The number of anilines is 1. The van der Waals surface area contributed by atoms with Crippen molar-refractivity contribution in [3.63, 3.8) is 0 Å². The van der Waals surface area contributed by atoms with Crippen molar-refractivity contribution in [1.82, 2.24) is 0 Å². The van der Waals surface area contributed by atoms with E-state index in [0.717, 1.165) is 11.1 Å². The number of non-ortho nitro benzene ring substituents is 1. The number of amides is 1. The molecule has 7 heteroatoms. The maximum Gasteiger partial charge on any atom is 0.270 e. The lowest BCUT2D eigenvalue weighted by molar-refractivity contribution is -0.384. The first-order valence-corrected chi connectivity index (χ1v) is 7.32. The first kappa shape index (κ1) is 15.5. The molecule has 1 aliphatic rings. The van der Waals surface area contributed by atoms with Crippen LogP contribution in [-0.4, -0.2) is 16.9 Å². The Morgan fingerprint density at radius 1 is 1.29 bits per heavy atom. The van der Waals surface area contributed by atoms with Gasteiger partial charge in [0.2, 0.25) is 5.91 Å². The third-order valence-corrected chi connectivity index (χ3v) is 4.20. The van der Waals surface area contributed by atoms with Gasteiger partial charge in [0.1, 0.15) is 12.1 Å². The number of hydrogen-bond donors (Lipinski definition) is 1. The first-order chi connectivity index (χ1) is 11.5. The van der Waals surface area contributed by atoms with Gasteiger partial charge in [-0.15, -0.1) is 0 Å². The molecule has 1 aliphatic heterocycles. The number of rotatable bonds is 3. The number of fused-ring (bicyclic) bond motifs is 1. The van der Waals surface area contributed by atoms with Gasteiger partial charge in [-0.2, -0.15) is 5.26 Å². The molecule has 24 heavy (non-hydrogen) atoms. The second kappa shape index (κ2) is 6.01. The molecule has 2 aromatic carbocycles. The van der Waals surface area contributed by atoms with E-state index < -0.39 is 16.9 Å². The predicted octanol–water partition coefficient (Wildman–Crippen LogP) is 1.88. The molecule has 1 amide bonds. The molecule has 0 fully saturated rings. The molecule has 0 spiro atoms. The Bertz CT molecular complexity index is 872. The third-order valence-electron chi connectivity index (χ3n) is 4.20. The molecular weight excluding hydrogens is 308 g/mol. The SMILES string of the molecule is N#Cc1cc([N+](=O)[O-])ccc1N1Cc2ccccc2C[C@H]1C(N)=O. The van der Waals surface area contributed by atoms with Crippen molar-refractivity contribution in [1.29, 1.82) is 5.26 Å². The average Bonchev–Trinajstić information content (AvgIpc) is 2.59.